The molecule has 1 amide bonds. The lowest BCUT2D eigenvalue weighted by Crippen LogP contribution is -2.24. The molecule has 0 aliphatic rings. The minimum Gasteiger partial charge on any atom is -0.345 e. The molecular weight excluding hydrogens is 244 g/mol. The maximum absolute atomic E-state index is 11.8. The second-order valence-electron chi connectivity index (χ2n) is 3.85. The van der Waals surface area contributed by atoms with Crippen LogP contribution < -0.4 is 16.6 Å². The fourth-order valence-corrected chi connectivity index (χ4v) is 1.48. The summed E-state index contributed by atoms with van der Waals surface area (Å²) in [4.78, 5) is 24.0. The van der Waals surface area contributed by atoms with Gasteiger partial charge in [-0.05, 0) is 25.1 Å². The maximum atomic E-state index is 11.8. The van der Waals surface area contributed by atoms with E-state index in [1.54, 1.807) is 31.3 Å². The lowest BCUT2D eigenvalue weighted by molar-refractivity contribution is 0.0945. The molecule has 0 fully saturated rings. The summed E-state index contributed by atoms with van der Waals surface area (Å²) in [7, 11) is 0. The fourth-order valence-electron chi connectivity index (χ4n) is 1.48. The van der Waals surface area contributed by atoms with E-state index in [-0.39, 0.29) is 5.91 Å². The predicted octanol–water partition coefficient (Wildman–Crippen LogP) is 0.396. The number of nitrogens with two attached hydrogens (primary N) is 1. The van der Waals surface area contributed by atoms with Crippen LogP contribution in [-0.4, -0.2) is 20.9 Å². The Kier molecular flexibility index (Phi) is 3.99. The van der Waals surface area contributed by atoms with Crippen molar-refractivity contribution in [2.24, 2.45) is 5.84 Å². The molecule has 7 nitrogen and oxygen atoms in total. The summed E-state index contributed by atoms with van der Waals surface area (Å²) in [5, 5.41) is 2.74. The van der Waals surface area contributed by atoms with Crippen LogP contribution in [0.2, 0.25) is 0 Å². The molecule has 2 aromatic rings. The van der Waals surface area contributed by atoms with Crippen LogP contribution in [0.25, 0.3) is 0 Å². The summed E-state index contributed by atoms with van der Waals surface area (Å²) < 4.78 is 0. The van der Waals surface area contributed by atoms with Gasteiger partial charge in [0.05, 0.1) is 24.1 Å². The molecule has 0 atom stereocenters. The van der Waals surface area contributed by atoms with Crippen LogP contribution in [0.3, 0.4) is 0 Å². The van der Waals surface area contributed by atoms with Crippen molar-refractivity contribution in [1.29, 1.82) is 0 Å². The number of carbonyl (C=O) groups is 1. The number of aromatic nitrogens is 3. The standard InChI is InChI=1S/C12H14N6O/c1-8-14-5-4-9(17-8)6-16-12(19)11-3-2-10(18-13)7-15-11/h2-5,7,18H,6,13H2,1H3,(H,16,19). The van der Waals surface area contributed by atoms with Crippen molar-refractivity contribution in [3.8, 4) is 0 Å². The van der Waals surface area contributed by atoms with Crippen molar-refractivity contribution in [2.75, 3.05) is 5.43 Å². The van der Waals surface area contributed by atoms with Gasteiger partial charge in [-0.25, -0.2) is 15.0 Å². The minimum absolute atomic E-state index is 0.264. The molecule has 0 aliphatic heterocycles. The number of aryl methyl sites for hydroxylation is 1. The van der Waals surface area contributed by atoms with Gasteiger partial charge < -0.3 is 10.7 Å². The summed E-state index contributed by atoms with van der Waals surface area (Å²) in [6.07, 6.45) is 3.15. The molecule has 0 aromatic carbocycles. The highest BCUT2D eigenvalue weighted by molar-refractivity contribution is 5.92. The number of rotatable bonds is 4. The van der Waals surface area contributed by atoms with Gasteiger partial charge in [-0.1, -0.05) is 0 Å². The number of nitrogens with zero attached hydrogens (tertiary/aromatic N) is 3. The molecule has 0 radical (unpaired) electrons. The number of hydrogen-bond acceptors (Lipinski definition) is 6. The number of hydrogen-bond donors (Lipinski definition) is 3. The summed E-state index contributed by atoms with van der Waals surface area (Å²) in [6.45, 7) is 2.13. The third-order valence-corrected chi connectivity index (χ3v) is 2.43. The van der Waals surface area contributed by atoms with Crippen molar-refractivity contribution < 1.29 is 4.79 Å². The number of amides is 1. The minimum atomic E-state index is -0.264. The van der Waals surface area contributed by atoms with Crippen LogP contribution in [0.15, 0.2) is 30.6 Å². The van der Waals surface area contributed by atoms with Gasteiger partial charge in [-0.15, -0.1) is 0 Å². The Hall–Kier alpha value is -2.54. The molecule has 7 heteroatoms. The Labute approximate surface area is 110 Å². The Bertz CT molecular complexity index is 569. The highest BCUT2D eigenvalue weighted by atomic mass is 16.1. The van der Waals surface area contributed by atoms with Crippen molar-refractivity contribution in [1.82, 2.24) is 20.3 Å². The number of nitrogen functional groups attached to an aromatic ring is 1. The number of hydrazine groups is 1. The summed E-state index contributed by atoms with van der Waals surface area (Å²) in [5.74, 6) is 5.63. The molecule has 0 aliphatic carbocycles. The van der Waals surface area contributed by atoms with E-state index in [0.29, 0.717) is 23.8 Å². The Morgan fingerprint density at radius 3 is 2.79 bits per heavy atom. The molecule has 0 bridgehead atoms. The van der Waals surface area contributed by atoms with Crippen LogP contribution in [-0.2, 0) is 6.54 Å². The first-order valence-corrected chi connectivity index (χ1v) is 5.68. The fraction of sp³-hybridized carbons (Fsp3) is 0.167. The van der Waals surface area contributed by atoms with E-state index < -0.39 is 0 Å². The first-order valence-electron chi connectivity index (χ1n) is 5.68. The van der Waals surface area contributed by atoms with Crippen molar-refractivity contribution in [3.05, 3.63) is 47.8 Å². The topological polar surface area (TPSA) is 106 Å². The van der Waals surface area contributed by atoms with Crippen molar-refractivity contribution in [2.45, 2.75) is 13.5 Å². The first-order chi connectivity index (χ1) is 9.19. The molecule has 0 spiro atoms. The smallest absolute Gasteiger partial charge is 0.270 e. The SMILES string of the molecule is Cc1nccc(CNC(=O)c2ccc(NN)cn2)n1. The average Bonchev–Trinajstić information content (AvgIpc) is 2.45. The molecule has 4 N–H and O–H groups in total. The summed E-state index contributed by atoms with van der Waals surface area (Å²) >= 11 is 0. The Morgan fingerprint density at radius 1 is 1.32 bits per heavy atom. The monoisotopic (exact) mass is 258 g/mol. The number of pyridine rings is 1. The van der Waals surface area contributed by atoms with E-state index in [1.165, 1.54) is 6.20 Å². The zero-order chi connectivity index (χ0) is 13.7. The third kappa shape index (κ3) is 3.46. The average molecular weight is 258 g/mol. The molecule has 2 heterocycles. The molecule has 0 unspecified atom stereocenters. The predicted molar refractivity (Wildman–Crippen MR) is 70.0 cm³/mol. The van der Waals surface area contributed by atoms with E-state index in [1.807, 2.05) is 0 Å². The molecule has 2 aromatic heterocycles. The second kappa shape index (κ2) is 5.87. The van der Waals surface area contributed by atoms with Crippen LogP contribution >= 0.6 is 0 Å². The lowest BCUT2D eigenvalue weighted by Gasteiger charge is -2.05. The first kappa shape index (κ1) is 12.9. The number of nitrogens with one attached hydrogen (secondary N) is 2. The normalized spacial score (nSPS) is 10.0. The van der Waals surface area contributed by atoms with Gasteiger partial charge in [0.1, 0.15) is 11.5 Å². The third-order valence-electron chi connectivity index (χ3n) is 2.43. The van der Waals surface area contributed by atoms with E-state index in [2.05, 4.69) is 25.7 Å². The summed E-state index contributed by atoms with van der Waals surface area (Å²) in [6, 6.07) is 5.02. The summed E-state index contributed by atoms with van der Waals surface area (Å²) in [5.41, 5.74) is 4.16. The Morgan fingerprint density at radius 2 is 2.16 bits per heavy atom. The highest BCUT2D eigenvalue weighted by Crippen LogP contribution is 2.04. The molecule has 19 heavy (non-hydrogen) atoms. The molecule has 0 saturated carbocycles. The van der Waals surface area contributed by atoms with Crippen LogP contribution in [0.1, 0.15) is 22.0 Å². The van der Waals surface area contributed by atoms with Crippen LogP contribution in [0.5, 0.6) is 0 Å². The van der Waals surface area contributed by atoms with E-state index in [4.69, 9.17) is 5.84 Å². The van der Waals surface area contributed by atoms with Gasteiger partial charge in [0.15, 0.2) is 0 Å². The Balaban J connectivity index is 1.97. The van der Waals surface area contributed by atoms with Crippen molar-refractivity contribution in [3.63, 3.8) is 0 Å². The quantitative estimate of drug-likeness (QED) is 0.541. The molecule has 0 saturated heterocycles. The highest BCUT2D eigenvalue weighted by Gasteiger charge is 2.07. The second-order valence-corrected chi connectivity index (χ2v) is 3.85. The number of carbonyl (C=O) groups excluding carboxylic acids is 1. The van der Waals surface area contributed by atoms with Crippen LogP contribution in [0.4, 0.5) is 5.69 Å². The molecular formula is C12H14N6O. The van der Waals surface area contributed by atoms with Gasteiger partial charge in [-0.2, -0.15) is 0 Å². The molecule has 98 valence electrons. The lowest BCUT2D eigenvalue weighted by atomic mass is 10.3. The maximum Gasteiger partial charge on any atom is 0.270 e. The van der Waals surface area contributed by atoms with E-state index in [9.17, 15) is 4.79 Å². The zero-order valence-corrected chi connectivity index (χ0v) is 10.4. The largest absolute Gasteiger partial charge is 0.345 e. The zero-order valence-electron chi connectivity index (χ0n) is 10.4. The van der Waals surface area contributed by atoms with E-state index in [0.717, 1.165) is 5.69 Å². The van der Waals surface area contributed by atoms with Gasteiger partial charge in [0, 0.05) is 6.20 Å². The van der Waals surface area contributed by atoms with Gasteiger partial charge in [0.25, 0.3) is 5.91 Å². The van der Waals surface area contributed by atoms with Gasteiger partial charge in [0.2, 0.25) is 0 Å². The number of anilines is 1. The van der Waals surface area contributed by atoms with Gasteiger partial charge >= 0.3 is 0 Å². The van der Waals surface area contributed by atoms with E-state index >= 15 is 0 Å². The van der Waals surface area contributed by atoms with Gasteiger partial charge in [-0.3, -0.25) is 10.6 Å². The van der Waals surface area contributed by atoms with Crippen molar-refractivity contribution >= 4 is 11.6 Å². The van der Waals surface area contributed by atoms with Crippen LogP contribution in [0, 0.1) is 6.92 Å². The molecule has 2 rings (SSSR count).